The highest BCUT2D eigenvalue weighted by atomic mass is 79.9. The minimum Gasteiger partial charge on any atom is -0.354 e. The van der Waals surface area contributed by atoms with Crippen molar-refractivity contribution < 1.29 is 18.0 Å². The van der Waals surface area contributed by atoms with Crippen molar-refractivity contribution in [3.8, 4) is 0 Å². The van der Waals surface area contributed by atoms with Gasteiger partial charge in [-0.15, -0.1) is 0 Å². The van der Waals surface area contributed by atoms with Crippen LogP contribution in [-0.4, -0.2) is 44.3 Å². The molecule has 0 saturated heterocycles. The molecule has 39 heavy (non-hydrogen) atoms. The maximum atomic E-state index is 14.0. The Morgan fingerprint density at radius 2 is 1.51 bits per heavy atom. The Kier molecular flexibility index (Phi) is 10.3. The number of carbonyl (C=O) groups is 2. The third-order valence-electron chi connectivity index (χ3n) is 6.46. The summed E-state index contributed by atoms with van der Waals surface area (Å²) in [5.41, 5.74) is 3.12. The van der Waals surface area contributed by atoms with Crippen molar-refractivity contribution in [2.75, 3.05) is 17.4 Å². The molecule has 7 nitrogen and oxygen atoms in total. The van der Waals surface area contributed by atoms with Crippen LogP contribution in [-0.2, 0) is 26.2 Å². The van der Waals surface area contributed by atoms with E-state index in [1.54, 1.807) is 43.3 Å². The summed E-state index contributed by atoms with van der Waals surface area (Å²) in [5.74, 6) is -0.527. The Balaban J connectivity index is 2.01. The summed E-state index contributed by atoms with van der Waals surface area (Å²) in [6.45, 7) is 9.65. The van der Waals surface area contributed by atoms with E-state index in [0.29, 0.717) is 12.2 Å². The molecule has 0 aromatic heterocycles. The normalized spacial score (nSPS) is 12.2. The van der Waals surface area contributed by atoms with E-state index in [-0.39, 0.29) is 23.3 Å². The fourth-order valence-corrected chi connectivity index (χ4v) is 5.66. The number of sulfonamides is 1. The van der Waals surface area contributed by atoms with Crippen molar-refractivity contribution in [2.45, 2.75) is 52.1 Å². The lowest BCUT2D eigenvalue weighted by Gasteiger charge is -2.32. The zero-order chi connectivity index (χ0) is 28.7. The van der Waals surface area contributed by atoms with Gasteiger partial charge >= 0.3 is 0 Å². The molecule has 3 rings (SSSR count). The SMILES string of the molecule is Cc1ccc(S(=O)(=O)N(CC(=O)N(Cc2ccccc2C)[C@H](C)C(=O)NCC(C)C)c2ccc(Br)cc2)cc1. The number of amides is 2. The van der Waals surface area contributed by atoms with Crippen LogP contribution in [0.25, 0.3) is 0 Å². The smallest absolute Gasteiger partial charge is 0.264 e. The van der Waals surface area contributed by atoms with E-state index in [0.717, 1.165) is 25.5 Å². The first-order valence-electron chi connectivity index (χ1n) is 12.9. The van der Waals surface area contributed by atoms with Crippen molar-refractivity contribution in [1.29, 1.82) is 0 Å². The van der Waals surface area contributed by atoms with Gasteiger partial charge in [-0.25, -0.2) is 8.42 Å². The molecule has 3 aromatic rings. The number of nitrogens with zero attached hydrogens (tertiary/aromatic N) is 2. The van der Waals surface area contributed by atoms with E-state index in [1.165, 1.54) is 17.0 Å². The van der Waals surface area contributed by atoms with Gasteiger partial charge in [0.1, 0.15) is 12.6 Å². The summed E-state index contributed by atoms with van der Waals surface area (Å²) in [6, 6.07) is 20.1. The second-order valence-electron chi connectivity index (χ2n) is 10.1. The van der Waals surface area contributed by atoms with Crippen molar-refractivity contribution in [3.05, 3.63) is 94.0 Å². The molecule has 0 aliphatic heterocycles. The summed E-state index contributed by atoms with van der Waals surface area (Å²) < 4.78 is 29.6. The second kappa shape index (κ2) is 13.3. The average Bonchev–Trinajstić information content (AvgIpc) is 2.90. The van der Waals surface area contributed by atoms with E-state index in [4.69, 9.17) is 0 Å². The molecule has 0 heterocycles. The third kappa shape index (κ3) is 7.92. The number of hydrogen-bond donors (Lipinski definition) is 1. The van der Waals surface area contributed by atoms with Gasteiger partial charge in [0.2, 0.25) is 11.8 Å². The number of carbonyl (C=O) groups excluding carboxylic acids is 2. The number of hydrogen-bond acceptors (Lipinski definition) is 4. The average molecular weight is 615 g/mol. The van der Waals surface area contributed by atoms with Gasteiger partial charge in [-0.3, -0.25) is 13.9 Å². The predicted octanol–water partition coefficient (Wildman–Crippen LogP) is 5.45. The molecule has 0 radical (unpaired) electrons. The zero-order valence-electron chi connectivity index (χ0n) is 23.0. The summed E-state index contributed by atoms with van der Waals surface area (Å²) in [5, 5.41) is 2.90. The van der Waals surface area contributed by atoms with Crippen LogP contribution in [0.1, 0.15) is 37.5 Å². The van der Waals surface area contributed by atoms with Gasteiger partial charge in [0, 0.05) is 17.6 Å². The van der Waals surface area contributed by atoms with Crippen LogP contribution in [0.5, 0.6) is 0 Å². The van der Waals surface area contributed by atoms with Crippen LogP contribution in [0.2, 0.25) is 0 Å². The quantitative estimate of drug-likeness (QED) is 0.311. The minimum atomic E-state index is -4.09. The number of anilines is 1. The lowest BCUT2D eigenvalue weighted by Crippen LogP contribution is -2.51. The number of aryl methyl sites for hydroxylation is 2. The molecule has 0 bridgehead atoms. The lowest BCUT2D eigenvalue weighted by atomic mass is 10.1. The molecule has 0 unspecified atom stereocenters. The van der Waals surface area contributed by atoms with Gasteiger partial charge in [0.15, 0.2) is 0 Å². The molecule has 0 fully saturated rings. The fourth-order valence-electron chi connectivity index (χ4n) is 3.98. The summed E-state index contributed by atoms with van der Waals surface area (Å²) >= 11 is 3.39. The van der Waals surface area contributed by atoms with E-state index >= 15 is 0 Å². The molecule has 2 amide bonds. The molecule has 1 atom stereocenters. The topological polar surface area (TPSA) is 86.8 Å². The Bertz CT molecular complexity index is 1390. The molecule has 208 valence electrons. The van der Waals surface area contributed by atoms with Gasteiger partial charge < -0.3 is 10.2 Å². The van der Waals surface area contributed by atoms with Crippen molar-refractivity contribution in [2.24, 2.45) is 5.92 Å². The highest BCUT2D eigenvalue weighted by Crippen LogP contribution is 2.26. The Morgan fingerprint density at radius 3 is 2.10 bits per heavy atom. The highest BCUT2D eigenvalue weighted by molar-refractivity contribution is 9.10. The number of halogens is 1. The van der Waals surface area contributed by atoms with Crippen LogP contribution in [0, 0.1) is 19.8 Å². The van der Waals surface area contributed by atoms with E-state index in [1.807, 2.05) is 52.0 Å². The monoisotopic (exact) mass is 613 g/mol. The van der Waals surface area contributed by atoms with Crippen molar-refractivity contribution in [1.82, 2.24) is 10.2 Å². The second-order valence-corrected chi connectivity index (χ2v) is 12.8. The molecule has 0 aliphatic rings. The number of nitrogens with one attached hydrogen (secondary N) is 1. The maximum absolute atomic E-state index is 14.0. The molecular weight excluding hydrogens is 578 g/mol. The van der Waals surface area contributed by atoms with Gasteiger partial charge in [0.25, 0.3) is 10.0 Å². The molecule has 0 spiro atoms. The van der Waals surface area contributed by atoms with E-state index in [9.17, 15) is 18.0 Å². The van der Waals surface area contributed by atoms with Crippen LogP contribution < -0.4 is 9.62 Å². The molecule has 1 N–H and O–H groups in total. The predicted molar refractivity (Wildman–Crippen MR) is 159 cm³/mol. The van der Waals surface area contributed by atoms with E-state index < -0.39 is 28.5 Å². The van der Waals surface area contributed by atoms with Gasteiger partial charge in [-0.05, 0) is 74.2 Å². The minimum absolute atomic E-state index is 0.0806. The third-order valence-corrected chi connectivity index (χ3v) is 8.77. The summed E-state index contributed by atoms with van der Waals surface area (Å²) in [7, 11) is -4.09. The van der Waals surface area contributed by atoms with Gasteiger partial charge in [-0.2, -0.15) is 0 Å². The lowest BCUT2D eigenvalue weighted by molar-refractivity contribution is -0.139. The largest absolute Gasteiger partial charge is 0.354 e. The van der Waals surface area contributed by atoms with Crippen LogP contribution in [0.15, 0.2) is 82.2 Å². The summed E-state index contributed by atoms with van der Waals surface area (Å²) in [6.07, 6.45) is 0. The first-order chi connectivity index (χ1) is 18.4. The molecular formula is C30H36BrN3O4S. The van der Waals surface area contributed by atoms with Crippen molar-refractivity contribution in [3.63, 3.8) is 0 Å². The molecule has 0 aliphatic carbocycles. The first-order valence-corrected chi connectivity index (χ1v) is 15.1. The molecule has 3 aromatic carbocycles. The first kappa shape index (κ1) is 30.4. The fraction of sp³-hybridized carbons (Fsp3) is 0.333. The number of rotatable bonds is 11. The van der Waals surface area contributed by atoms with Gasteiger partial charge in [-0.1, -0.05) is 71.7 Å². The van der Waals surface area contributed by atoms with Crippen LogP contribution >= 0.6 is 15.9 Å². The summed E-state index contributed by atoms with van der Waals surface area (Å²) in [4.78, 5) is 28.6. The Labute approximate surface area is 240 Å². The number of benzene rings is 3. The van der Waals surface area contributed by atoms with Crippen LogP contribution in [0.4, 0.5) is 5.69 Å². The zero-order valence-corrected chi connectivity index (χ0v) is 25.4. The van der Waals surface area contributed by atoms with Crippen LogP contribution in [0.3, 0.4) is 0 Å². The Morgan fingerprint density at radius 1 is 0.897 bits per heavy atom. The highest BCUT2D eigenvalue weighted by Gasteiger charge is 2.32. The van der Waals surface area contributed by atoms with E-state index in [2.05, 4.69) is 21.2 Å². The Hall–Kier alpha value is -3.17. The van der Waals surface area contributed by atoms with Crippen molar-refractivity contribution >= 4 is 43.5 Å². The molecule has 9 heteroatoms. The van der Waals surface area contributed by atoms with Gasteiger partial charge in [0.05, 0.1) is 10.6 Å². The maximum Gasteiger partial charge on any atom is 0.264 e. The molecule has 0 saturated carbocycles. The standard InChI is InChI=1S/C30H36BrN3O4S/c1-21(2)18-32-30(36)24(5)33(19-25-9-7-6-8-23(25)4)29(35)20-34(27-14-12-26(31)13-15-27)39(37,38)28-16-10-22(3)11-17-28/h6-17,21,24H,18-20H2,1-5H3,(H,32,36)/t24-/m1/s1.